The van der Waals surface area contributed by atoms with E-state index in [4.69, 9.17) is 14.2 Å². The molecule has 0 radical (unpaired) electrons. The number of nitrogens with zero attached hydrogens (tertiary/aromatic N) is 2. The average molecular weight is 577 g/mol. The zero-order chi connectivity index (χ0) is 29.5. The van der Waals surface area contributed by atoms with Crippen LogP contribution in [0, 0.1) is 17.0 Å². The summed E-state index contributed by atoms with van der Waals surface area (Å²) in [6, 6.07) is 17.4. The maximum absolute atomic E-state index is 13.1. The first kappa shape index (κ1) is 29.7. The number of carbonyl (C=O) groups is 2. The third-order valence-electron chi connectivity index (χ3n) is 6.34. The lowest BCUT2D eigenvalue weighted by Crippen LogP contribution is -2.32. The number of hydrogen-bond acceptors (Lipinski definition) is 8. The van der Waals surface area contributed by atoms with Gasteiger partial charge in [0.1, 0.15) is 19.0 Å². The molecule has 3 aromatic rings. The molecular weight excluding hydrogens is 544 g/mol. The zero-order valence-corrected chi connectivity index (χ0v) is 24.2. The van der Waals surface area contributed by atoms with Crippen molar-refractivity contribution in [3.8, 4) is 17.2 Å². The van der Waals surface area contributed by atoms with E-state index in [1.165, 1.54) is 17.0 Å². The van der Waals surface area contributed by atoms with Crippen LogP contribution in [0.15, 0.2) is 65.6 Å². The van der Waals surface area contributed by atoms with Gasteiger partial charge in [0.05, 0.1) is 23.0 Å². The molecule has 0 unspecified atom stereocenters. The number of amides is 2. The van der Waals surface area contributed by atoms with E-state index in [2.05, 4.69) is 13.8 Å². The van der Waals surface area contributed by atoms with Gasteiger partial charge in [0.2, 0.25) is 0 Å². The highest BCUT2D eigenvalue weighted by Crippen LogP contribution is 2.35. The predicted molar refractivity (Wildman–Crippen MR) is 158 cm³/mol. The molecule has 0 spiro atoms. The molecule has 1 saturated heterocycles. The van der Waals surface area contributed by atoms with Crippen LogP contribution in [0.5, 0.6) is 17.2 Å². The first-order valence-electron chi connectivity index (χ1n) is 13.3. The summed E-state index contributed by atoms with van der Waals surface area (Å²) < 4.78 is 17.6. The van der Waals surface area contributed by atoms with E-state index >= 15 is 0 Å². The van der Waals surface area contributed by atoms with Crippen molar-refractivity contribution in [1.82, 2.24) is 4.90 Å². The molecule has 9 nitrogen and oxygen atoms in total. The van der Waals surface area contributed by atoms with E-state index < -0.39 is 4.92 Å². The third kappa shape index (κ3) is 7.46. The second-order valence-electron chi connectivity index (χ2n) is 9.73. The number of rotatable bonds is 12. The number of benzene rings is 3. The van der Waals surface area contributed by atoms with Crippen LogP contribution in [0.3, 0.4) is 0 Å². The van der Waals surface area contributed by atoms with Crippen LogP contribution in [0.2, 0.25) is 0 Å². The van der Waals surface area contributed by atoms with Gasteiger partial charge in [-0.05, 0) is 90.2 Å². The van der Waals surface area contributed by atoms with Crippen molar-refractivity contribution in [1.29, 1.82) is 0 Å². The van der Waals surface area contributed by atoms with Crippen LogP contribution in [0.25, 0.3) is 6.08 Å². The Balaban J connectivity index is 1.41. The smallest absolute Gasteiger partial charge is 0.293 e. The average Bonchev–Trinajstić information content (AvgIpc) is 3.20. The summed E-state index contributed by atoms with van der Waals surface area (Å²) in [5.41, 5.74) is 3.61. The van der Waals surface area contributed by atoms with Gasteiger partial charge in [0, 0.05) is 12.1 Å². The fraction of sp³-hybridized carbons (Fsp3) is 0.290. The molecule has 0 N–H and O–H groups in total. The Morgan fingerprint density at radius 2 is 1.71 bits per heavy atom. The minimum absolute atomic E-state index is 0.0107. The Kier molecular flexibility index (Phi) is 9.67. The topological polar surface area (TPSA) is 108 Å². The van der Waals surface area contributed by atoms with Crippen molar-refractivity contribution in [2.75, 3.05) is 19.8 Å². The molecule has 0 saturated carbocycles. The molecule has 0 aliphatic carbocycles. The van der Waals surface area contributed by atoms with Crippen LogP contribution in [-0.4, -0.2) is 40.7 Å². The summed E-state index contributed by atoms with van der Waals surface area (Å²) in [6.07, 6.45) is 1.66. The highest BCUT2D eigenvalue weighted by molar-refractivity contribution is 8.18. The molecular formula is C31H32N2O7S. The Labute approximate surface area is 243 Å². The minimum atomic E-state index is -0.452. The predicted octanol–water partition coefficient (Wildman–Crippen LogP) is 7.12. The standard InChI is InChI=1S/C31H32N2O7S/c1-5-38-28-17-23(9-13-26(28)40-19-22-7-10-24(11-8-22)33(36)37)18-29-30(34)32(31(35)41-29)14-15-39-27-16-21(4)6-12-25(27)20(2)3/h6-13,16-18,20H,5,14-15,19H2,1-4H3/b29-18-. The summed E-state index contributed by atoms with van der Waals surface area (Å²) >= 11 is 0.890. The lowest BCUT2D eigenvalue weighted by atomic mass is 10.0. The van der Waals surface area contributed by atoms with Crippen molar-refractivity contribution in [2.24, 2.45) is 0 Å². The summed E-state index contributed by atoms with van der Waals surface area (Å²) in [4.78, 5) is 37.6. The van der Waals surface area contributed by atoms with E-state index in [9.17, 15) is 19.7 Å². The molecule has 41 heavy (non-hydrogen) atoms. The summed E-state index contributed by atoms with van der Waals surface area (Å²) in [6.45, 7) is 8.96. The largest absolute Gasteiger partial charge is 0.491 e. The van der Waals surface area contributed by atoms with Gasteiger partial charge in [0.25, 0.3) is 16.8 Å². The molecule has 1 aliphatic rings. The second-order valence-corrected chi connectivity index (χ2v) is 10.7. The molecule has 0 aromatic heterocycles. The number of non-ortho nitro benzene ring substituents is 1. The van der Waals surface area contributed by atoms with E-state index in [1.54, 1.807) is 36.4 Å². The van der Waals surface area contributed by atoms with Crippen molar-refractivity contribution in [2.45, 2.75) is 40.2 Å². The molecule has 214 valence electrons. The maximum Gasteiger partial charge on any atom is 0.293 e. The van der Waals surface area contributed by atoms with Crippen molar-refractivity contribution >= 4 is 34.7 Å². The van der Waals surface area contributed by atoms with Crippen LogP contribution < -0.4 is 14.2 Å². The molecule has 1 heterocycles. The number of aryl methyl sites for hydroxylation is 1. The molecule has 3 aromatic carbocycles. The zero-order valence-electron chi connectivity index (χ0n) is 23.4. The maximum atomic E-state index is 13.1. The number of ether oxygens (including phenoxy) is 3. The highest BCUT2D eigenvalue weighted by Gasteiger charge is 2.35. The molecule has 1 aliphatic heterocycles. The summed E-state index contributed by atoms with van der Waals surface area (Å²) in [7, 11) is 0. The van der Waals surface area contributed by atoms with Crippen LogP contribution >= 0.6 is 11.8 Å². The van der Waals surface area contributed by atoms with Crippen LogP contribution in [0.4, 0.5) is 10.5 Å². The molecule has 4 rings (SSSR count). The quantitative estimate of drug-likeness (QED) is 0.127. The fourth-order valence-electron chi connectivity index (χ4n) is 4.21. The molecule has 1 fully saturated rings. The molecule has 0 bridgehead atoms. The number of carbonyl (C=O) groups excluding carboxylic acids is 2. The lowest BCUT2D eigenvalue weighted by molar-refractivity contribution is -0.384. The van der Waals surface area contributed by atoms with E-state index in [1.807, 2.05) is 32.0 Å². The van der Waals surface area contributed by atoms with Gasteiger partial charge in [-0.1, -0.05) is 32.0 Å². The summed E-state index contributed by atoms with van der Waals surface area (Å²) in [5.74, 6) is 1.65. The van der Waals surface area contributed by atoms with Crippen molar-refractivity contribution in [3.63, 3.8) is 0 Å². The number of nitro groups is 1. The Morgan fingerprint density at radius 1 is 0.951 bits per heavy atom. The van der Waals surface area contributed by atoms with Crippen molar-refractivity contribution < 1.29 is 28.7 Å². The Morgan fingerprint density at radius 3 is 2.39 bits per heavy atom. The van der Waals surface area contributed by atoms with Crippen LogP contribution in [0.1, 0.15) is 48.9 Å². The van der Waals surface area contributed by atoms with Crippen molar-refractivity contribution in [3.05, 3.63) is 97.9 Å². The van der Waals surface area contributed by atoms with Gasteiger partial charge < -0.3 is 14.2 Å². The molecule has 2 amide bonds. The van der Waals surface area contributed by atoms with E-state index in [0.29, 0.717) is 28.6 Å². The Bertz CT molecular complexity index is 1470. The fourth-order valence-corrected chi connectivity index (χ4v) is 5.08. The summed E-state index contributed by atoms with van der Waals surface area (Å²) in [5, 5.41) is 10.5. The normalized spacial score (nSPS) is 14.2. The number of imide groups is 1. The van der Waals surface area contributed by atoms with Gasteiger partial charge in [-0.15, -0.1) is 0 Å². The molecule has 0 atom stereocenters. The van der Waals surface area contributed by atoms with Gasteiger partial charge in [0.15, 0.2) is 11.5 Å². The first-order valence-corrected chi connectivity index (χ1v) is 14.1. The number of nitro benzene ring substituents is 1. The van der Waals surface area contributed by atoms with Gasteiger partial charge in [-0.25, -0.2) is 0 Å². The lowest BCUT2D eigenvalue weighted by Gasteiger charge is -2.17. The SMILES string of the molecule is CCOc1cc(/C=C2\SC(=O)N(CCOc3cc(C)ccc3C(C)C)C2=O)ccc1OCc1ccc([N+](=O)[O-])cc1. The van der Waals surface area contributed by atoms with Gasteiger partial charge in [-0.2, -0.15) is 0 Å². The highest BCUT2D eigenvalue weighted by atomic mass is 32.2. The Hall–Kier alpha value is -4.31. The van der Waals surface area contributed by atoms with Gasteiger partial charge >= 0.3 is 0 Å². The second kappa shape index (κ2) is 13.4. The monoisotopic (exact) mass is 576 g/mol. The van der Waals surface area contributed by atoms with Crippen LogP contribution in [-0.2, 0) is 11.4 Å². The van der Waals surface area contributed by atoms with Gasteiger partial charge in [-0.3, -0.25) is 24.6 Å². The van der Waals surface area contributed by atoms with E-state index in [0.717, 1.165) is 34.2 Å². The third-order valence-corrected chi connectivity index (χ3v) is 7.25. The number of hydrogen-bond donors (Lipinski definition) is 0. The number of thioether (sulfide) groups is 1. The minimum Gasteiger partial charge on any atom is -0.491 e. The first-order chi connectivity index (χ1) is 19.7. The van der Waals surface area contributed by atoms with E-state index in [-0.39, 0.29) is 42.5 Å². The molecule has 10 heteroatoms.